The molecule has 2 N–H and O–H groups in total. The van der Waals surface area contributed by atoms with Gasteiger partial charge in [0.25, 0.3) is 0 Å². The van der Waals surface area contributed by atoms with E-state index in [0.717, 1.165) is 5.56 Å². The molecule has 82 valence electrons. The van der Waals surface area contributed by atoms with Crippen molar-refractivity contribution in [2.75, 3.05) is 5.75 Å². The summed E-state index contributed by atoms with van der Waals surface area (Å²) in [7, 11) is 0. The minimum atomic E-state index is -0.666. The summed E-state index contributed by atoms with van der Waals surface area (Å²) >= 11 is 9.61. The standard InChI is InChI=1S/C10H12ClNO2S/c11-8-3-1-7(2-4-8)5-14-10(13)9(12)6-15/h1-4,9,15H,5-6,12H2. The van der Waals surface area contributed by atoms with E-state index in [2.05, 4.69) is 12.6 Å². The van der Waals surface area contributed by atoms with Crippen molar-refractivity contribution in [2.24, 2.45) is 5.73 Å². The van der Waals surface area contributed by atoms with Crippen molar-refractivity contribution in [3.8, 4) is 0 Å². The molecule has 0 aliphatic heterocycles. The van der Waals surface area contributed by atoms with Crippen LogP contribution in [-0.2, 0) is 16.1 Å². The van der Waals surface area contributed by atoms with Crippen molar-refractivity contribution in [3.05, 3.63) is 34.9 Å². The summed E-state index contributed by atoms with van der Waals surface area (Å²) in [6.07, 6.45) is 0. The number of thiol groups is 1. The summed E-state index contributed by atoms with van der Waals surface area (Å²) in [6.45, 7) is 0.206. The second-order valence-electron chi connectivity index (χ2n) is 3.02. The molecule has 0 aliphatic rings. The molecule has 0 fully saturated rings. The monoisotopic (exact) mass is 245 g/mol. The van der Waals surface area contributed by atoms with E-state index in [9.17, 15) is 4.79 Å². The predicted octanol–water partition coefficient (Wildman–Crippen LogP) is 1.64. The van der Waals surface area contributed by atoms with Crippen molar-refractivity contribution in [3.63, 3.8) is 0 Å². The molecule has 0 radical (unpaired) electrons. The maximum Gasteiger partial charge on any atom is 0.324 e. The fourth-order valence-corrected chi connectivity index (χ4v) is 1.19. The molecular weight excluding hydrogens is 234 g/mol. The van der Waals surface area contributed by atoms with Crippen molar-refractivity contribution in [1.82, 2.24) is 0 Å². The highest BCUT2D eigenvalue weighted by Crippen LogP contribution is 2.10. The average molecular weight is 246 g/mol. The third-order valence-electron chi connectivity index (χ3n) is 1.79. The largest absolute Gasteiger partial charge is 0.460 e. The fourth-order valence-electron chi connectivity index (χ4n) is 0.917. The first-order chi connectivity index (χ1) is 7.13. The number of nitrogens with two attached hydrogens (primary N) is 1. The van der Waals surface area contributed by atoms with Gasteiger partial charge in [0.2, 0.25) is 0 Å². The van der Waals surface area contributed by atoms with Crippen LogP contribution in [0.15, 0.2) is 24.3 Å². The van der Waals surface area contributed by atoms with Crippen molar-refractivity contribution in [2.45, 2.75) is 12.6 Å². The Balaban J connectivity index is 2.43. The highest BCUT2D eigenvalue weighted by atomic mass is 35.5. The van der Waals surface area contributed by atoms with Gasteiger partial charge in [-0.15, -0.1) is 0 Å². The van der Waals surface area contributed by atoms with Gasteiger partial charge in [-0.05, 0) is 17.7 Å². The van der Waals surface area contributed by atoms with Gasteiger partial charge < -0.3 is 10.5 Å². The summed E-state index contributed by atoms with van der Waals surface area (Å²) in [5.41, 5.74) is 6.31. The van der Waals surface area contributed by atoms with Crippen molar-refractivity contribution < 1.29 is 9.53 Å². The Hall–Kier alpha value is -0.710. The lowest BCUT2D eigenvalue weighted by Gasteiger charge is -2.08. The Morgan fingerprint density at radius 2 is 2.07 bits per heavy atom. The molecular formula is C10H12ClNO2S. The molecule has 0 bridgehead atoms. The third-order valence-corrected chi connectivity index (χ3v) is 2.44. The summed E-state index contributed by atoms with van der Waals surface area (Å²) < 4.78 is 4.96. The average Bonchev–Trinajstić information content (AvgIpc) is 2.26. The van der Waals surface area contributed by atoms with Gasteiger partial charge in [0.1, 0.15) is 12.6 Å². The molecule has 1 aromatic rings. The molecule has 1 aromatic carbocycles. The molecule has 0 saturated heterocycles. The minimum Gasteiger partial charge on any atom is -0.460 e. The minimum absolute atomic E-state index is 0.206. The topological polar surface area (TPSA) is 52.3 Å². The van der Waals surface area contributed by atoms with E-state index in [0.29, 0.717) is 5.02 Å². The quantitative estimate of drug-likeness (QED) is 0.626. The van der Waals surface area contributed by atoms with Gasteiger partial charge in [0.15, 0.2) is 0 Å². The number of hydrogen-bond donors (Lipinski definition) is 2. The van der Waals surface area contributed by atoms with Gasteiger partial charge >= 0.3 is 5.97 Å². The predicted molar refractivity (Wildman–Crippen MR) is 63.1 cm³/mol. The Morgan fingerprint density at radius 3 is 2.60 bits per heavy atom. The molecule has 0 aliphatic carbocycles. The van der Waals surface area contributed by atoms with E-state index < -0.39 is 12.0 Å². The molecule has 0 aromatic heterocycles. The Bertz CT molecular complexity index is 329. The highest BCUT2D eigenvalue weighted by Gasteiger charge is 2.12. The van der Waals surface area contributed by atoms with Gasteiger partial charge in [0, 0.05) is 10.8 Å². The van der Waals surface area contributed by atoms with Crippen LogP contribution in [0.5, 0.6) is 0 Å². The smallest absolute Gasteiger partial charge is 0.324 e. The number of carbonyl (C=O) groups is 1. The van der Waals surface area contributed by atoms with Crippen LogP contribution in [0.4, 0.5) is 0 Å². The maximum absolute atomic E-state index is 11.2. The zero-order valence-corrected chi connectivity index (χ0v) is 9.67. The van der Waals surface area contributed by atoms with Gasteiger partial charge in [-0.25, -0.2) is 0 Å². The van der Waals surface area contributed by atoms with Crippen LogP contribution in [0.1, 0.15) is 5.56 Å². The molecule has 1 unspecified atom stereocenters. The van der Waals surface area contributed by atoms with Crippen molar-refractivity contribution in [1.29, 1.82) is 0 Å². The van der Waals surface area contributed by atoms with E-state index in [1.165, 1.54) is 0 Å². The second-order valence-corrected chi connectivity index (χ2v) is 3.82. The van der Waals surface area contributed by atoms with Gasteiger partial charge in [-0.2, -0.15) is 12.6 Å². The Labute approximate surface area is 99.0 Å². The first-order valence-corrected chi connectivity index (χ1v) is 5.42. The van der Waals surface area contributed by atoms with Crippen molar-refractivity contribution >= 4 is 30.2 Å². The fraction of sp³-hybridized carbons (Fsp3) is 0.300. The Morgan fingerprint density at radius 1 is 1.47 bits per heavy atom. The number of ether oxygens (including phenoxy) is 1. The highest BCUT2D eigenvalue weighted by molar-refractivity contribution is 7.80. The van der Waals surface area contributed by atoms with E-state index in [1.54, 1.807) is 24.3 Å². The molecule has 0 spiro atoms. The van der Waals surface area contributed by atoms with Gasteiger partial charge in [-0.3, -0.25) is 4.79 Å². The zero-order valence-electron chi connectivity index (χ0n) is 8.02. The number of carbonyl (C=O) groups excluding carboxylic acids is 1. The van der Waals surface area contributed by atoms with Crippen LogP contribution in [0.25, 0.3) is 0 Å². The number of rotatable bonds is 4. The molecule has 5 heteroatoms. The molecule has 0 amide bonds. The normalized spacial score (nSPS) is 12.2. The first kappa shape index (κ1) is 12.4. The zero-order chi connectivity index (χ0) is 11.3. The van der Waals surface area contributed by atoms with E-state index in [-0.39, 0.29) is 12.4 Å². The van der Waals surface area contributed by atoms with Crippen LogP contribution >= 0.6 is 24.2 Å². The van der Waals surface area contributed by atoms with Gasteiger partial charge in [-0.1, -0.05) is 23.7 Å². The third kappa shape index (κ3) is 4.11. The first-order valence-electron chi connectivity index (χ1n) is 4.41. The second kappa shape index (κ2) is 6.00. The number of benzene rings is 1. The molecule has 0 heterocycles. The SMILES string of the molecule is NC(CS)C(=O)OCc1ccc(Cl)cc1. The Kier molecular flexibility index (Phi) is 4.94. The molecule has 15 heavy (non-hydrogen) atoms. The lowest BCUT2D eigenvalue weighted by Crippen LogP contribution is -2.33. The number of halogens is 1. The van der Waals surface area contributed by atoms with E-state index >= 15 is 0 Å². The lowest BCUT2D eigenvalue weighted by molar-refractivity contribution is -0.145. The number of esters is 1. The maximum atomic E-state index is 11.2. The summed E-state index contributed by atoms with van der Waals surface area (Å²) in [5, 5.41) is 0.650. The van der Waals surface area contributed by atoms with Crippen LogP contribution < -0.4 is 5.73 Å². The van der Waals surface area contributed by atoms with Crippen LogP contribution in [0.3, 0.4) is 0 Å². The summed E-state index contributed by atoms with van der Waals surface area (Å²) in [5.74, 6) is -0.167. The number of hydrogen-bond acceptors (Lipinski definition) is 4. The van der Waals surface area contributed by atoms with Gasteiger partial charge in [0.05, 0.1) is 0 Å². The summed E-state index contributed by atoms with van der Waals surface area (Å²) in [6, 6.07) is 6.40. The lowest BCUT2D eigenvalue weighted by atomic mass is 10.2. The molecule has 3 nitrogen and oxygen atoms in total. The molecule has 1 atom stereocenters. The molecule has 1 rings (SSSR count). The van der Waals surface area contributed by atoms with E-state index in [1.807, 2.05) is 0 Å². The molecule has 0 saturated carbocycles. The van der Waals surface area contributed by atoms with E-state index in [4.69, 9.17) is 22.1 Å². The van der Waals surface area contributed by atoms with Crippen LogP contribution in [0.2, 0.25) is 5.02 Å². The summed E-state index contributed by atoms with van der Waals surface area (Å²) in [4.78, 5) is 11.2. The van der Waals surface area contributed by atoms with Crippen LogP contribution in [-0.4, -0.2) is 17.8 Å². The van der Waals surface area contributed by atoms with Crippen LogP contribution in [0, 0.1) is 0 Å².